The SMILES string of the molecule is Brc1cc(Br)c(C#Cc2ccc(N(c3ccccc3)c3ccccc3)cc2)cc1C#Cc1ccc(N(c2ccccc2)c2ccccc2)cc1. The first kappa shape index (κ1) is 32.8. The molecule has 7 rings (SSSR count). The first-order chi connectivity index (χ1) is 24.6. The third-order valence-electron chi connectivity index (χ3n) is 8.05. The van der Waals surface area contributed by atoms with Crippen LogP contribution in [0.15, 0.2) is 191 Å². The van der Waals surface area contributed by atoms with Gasteiger partial charge in [0.05, 0.1) is 0 Å². The lowest BCUT2D eigenvalue weighted by molar-refractivity contribution is 1.28. The van der Waals surface area contributed by atoms with Crippen LogP contribution in [-0.2, 0) is 0 Å². The van der Waals surface area contributed by atoms with E-state index in [0.717, 1.165) is 65.3 Å². The Morgan fingerprint density at radius 2 is 0.580 bits per heavy atom. The summed E-state index contributed by atoms with van der Waals surface area (Å²) in [6, 6.07) is 62.3. The van der Waals surface area contributed by atoms with Crippen molar-refractivity contribution in [3.8, 4) is 23.7 Å². The molecule has 0 saturated carbocycles. The molecular formula is C46H30Br2N2. The van der Waals surface area contributed by atoms with Gasteiger partial charge in [-0.2, -0.15) is 0 Å². The summed E-state index contributed by atoms with van der Waals surface area (Å²) in [6.07, 6.45) is 0. The Morgan fingerprint density at radius 3 is 0.880 bits per heavy atom. The van der Waals surface area contributed by atoms with Crippen LogP contribution >= 0.6 is 31.9 Å². The van der Waals surface area contributed by atoms with Crippen LogP contribution in [0.5, 0.6) is 0 Å². The zero-order chi connectivity index (χ0) is 34.1. The molecule has 0 saturated heterocycles. The summed E-state index contributed by atoms with van der Waals surface area (Å²) in [5.74, 6) is 13.4. The zero-order valence-electron chi connectivity index (χ0n) is 27.0. The number of hydrogen-bond donors (Lipinski definition) is 0. The number of halogens is 2. The van der Waals surface area contributed by atoms with Crippen molar-refractivity contribution < 1.29 is 0 Å². The highest BCUT2D eigenvalue weighted by Crippen LogP contribution is 2.35. The van der Waals surface area contributed by atoms with Crippen molar-refractivity contribution in [1.29, 1.82) is 0 Å². The van der Waals surface area contributed by atoms with Crippen molar-refractivity contribution in [3.63, 3.8) is 0 Å². The molecule has 0 fully saturated rings. The largest absolute Gasteiger partial charge is 0.311 e. The number of hydrogen-bond acceptors (Lipinski definition) is 2. The van der Waals surface area contributed by atoms with E-state index in [1.807, 2.05) is 36.4 Å². The van der Waals surface area contributed by atoms with Gasteiger partial charge in [-0.05, 0) is 141 Å². The van der Waals surface area contributed by atoms with Gasteiger partial charge in [0.2, 0.25) is 0 Å². The monoisotopic (exact) mass is 768 g/mol. The zero-order valence-corrected chi connectivity index (χ0v) is 30.1. The Balaban J connectivity index is 1.12. The lowest BCUT2D eigenvalue weighted by Gasteiger charge is -2.25. The highest BCUT2D eigenvalue weighted by molar-refractivity contribution is 9.11. The topological polar surface area (TPSA) is 6.48 Å². The first-order valence-electron chi connectivity index (χ1n) is 16.2. The summed E-state index contributed by atoms with van der Waals surface area (Å²) < 4.78 is 1.81. The standard InChI is InChI=1S/C46H30Br2N2/c47-45-34-46(48)38(28-22-36-25-31-44(32-26-36)50(41-17-9-3-10-18-41)42-19-11-4-12-20-42)33-37(45)27-21-35-23-29-43(30-24-35)49(39-13-5-1-6-14-39)40-15-7-2-8-16-40/h1-20,23-26,29-34H. The van der Waals surface area contributed by atoms with Crippen LogP contribution in [-0.4, -0.2) is 0 Å². The average Bonchev–Trinajstić information content (AvgIpc) is 3.17. The van der Waals surface area contributed by atoms with Crippen LogP contribution < -0.4 is 9.80 Å². The second-order valence-corrected chi connectivity index (χ2v) is 13.1. The van der Waals surface area contributed by atoms with Gasteiger partial charge in [0, 0.05) is 65.3 Å². The Bertz CT molecular complexity index is 2070. The summed E-state index contributed by atoms with van der Waals surface area (Å²) in [7, 11) is 0. The molecule has 0 radical (unpaired) electrons. The summed E-state index contributed by atoms with van der Waals surface area (Å²) in [4.78, 5) is 4.48. The molecule has 2 nitrogen and oxygen atoms in total. The van der Waals surface area contributed by atoms with Crippen molar-refractivity contribution >= 4 is 66.0 Å². The predicted molar refractivity (Wildman–Crippen MR) is 216 cm³/mol. The van der Waals surface area contributed by atoms with Crippen molar-refractivity contribution in [1.82, 2.24) is 0 Å². The molecule has 4 heteroatoms. The maximum Gasteiger partial charge on any atom is 0.0462 e. The molecule has 0 bridgehead atoms. The average molecular weight is 771 g/mol. The lowest BCUT2D eigenvalue weighted by atomic mass is 10.1. The number of benzene rings is 7. The second kappa shape index (κ2) is 15.6. The Kier molecular flexibility index (Phi) is 10.2. The van der Waals surface area contributed by atoms with E-state index in [9.17, 15) is 0 Å². The summed E-state index contributed by atoms with van der Waals surface area (Å²) in [5.41, 5.74) is 10.1. The molecule has 0 amide bonds. The molecule has 0 heterocycles. The minimum absolute atomic E-state index is 0.869. The van der Waals surface area contributed by atoms with Gasteiger partial charge in [-0.1, -0.05) is 96.5 Å². The van der Waals surface area contributed by atoms with Crippen molar-refractivity contribution in [2.45, 2.75) is 0 Å². The van der Waals surface area contributed by atoms with E-state index in [2.05, 4.69) is 211 Å². The van der Waals surface area contributed by atoms with E-state index in [0.29, 0.717) is 0 Å². The third kappa shape index (κ3) is 7.75. The van der Waals surface area contributed by atoms with Gasteiger partial charge >= 0.3 is 0 Å². The molecule has 0 aliphatic heterocycles. The molecule has 0 aliphatic rings. The minimum atomic E-state index is 0.869. The molecule has 0 aromatic heterocycles. The van der Waals surface area contributed by atoms with Gasteiger partial charge in [-0.15, -0.1) is 0 Å². The molecule has 0 N–H and O–H groups in total. The normalized spacial score (nSPS) is 10.3. The molecule has 0 aliphatic carbocycles. The van der Waals surface area contributed by atoms with Crippen molar-refractivity contribution in [3.05, 3.63) is 213 Å². The summed E-state index contributed by atoms with van der Waals surface area (Å²) in [5, 5.41) is 0. The first-order valence-corrected chi connectivity index (χ1v) is 17.7. The summed E-state index contributed by atoms with van der Waals surface area (Å²) in [6.45, 7) is 0. The molecule has 7 aromatic carbocycles. The van der Waals surface area contributed by atoms with Gasteiger partial charge < -0.3 is 9.80 Å². The van der Waals surface area contributed by atoms with Gasteiger partial charge in [-0.3, -0.25) is 0 Å². The highest BCUT2D eigenvalue weighted by Gasteiger charge is 2.13. The molecular weight excluding hydrogens is 740 g/mol. The fraction of sp³-hybridized carbons (Fsp3) is 0. The highest BCUT2D eigenvalue weighted by atomic mass is 79.9. The minimum Gasteiger partial charge on any atom is -0.311 e. The van der Waals surface area contributed by atoms with E-state index in [4.69, 9.17) is 0 Å². The molecule has 50 heavy (non-hydrogen) atoms. The van der Waals surface area contributed by atoms with Gasteiger partial charge in [-0.25, -0.2) is 0 Å². The van der Waals surface area contributed by atoms with E-state index in [1.54, 1.807) is 0 Å². The van der Waals surface area contributed by atoms with Crippen LogP contribution in [0.1, 0.15) is 22.3 Å². The smallest absolute Gasteiger partial charge is 0.0462 e. The Hall–Kier alpha value is -5.78. The molecule has 7 aromatic rings. The van der Waals surface area contributed by atoms with Crippen LogP contribution in [0, 0.1) is 23.7 Å². The maximum atomic E-state index is 3.70. The predicted octanol–water partition coefficient (Wildman–Crippen LogP) is 13.0. The fourth-order valence-electron chi connectivity index (χ4n) is 5.61. The molecule has 0 atom stereocenters. The van der Waals surface area contributed by atoms with Crippen LogP contribution in [0.4, 0.5) is 34.1 Å². The summed E-state index contributed by atoms with van der Waals surface area (Å²) >= 11 is 7.40. The van der Waals surface area contributed by atoms with Crippen LogP contribution in [0.3, 0.4) is 0 Å². The molecule has 0 spiro atoms. The lowest BCUT2D eigenvalue weighted by Crippen LogP contribution is -2.09. The number of nitrogens with zero attached hydrogens (tertiary/aromatic N) is 2. The number of rotatable bonds is 6. The Morgan fingerprint density at radius 1 is 0.300 bits per heavy atom. The third-order valence-corrected chi connectivity index (χ3v) is 9.36. The van der Waals surface area contributed by atoms with Gasteiger partial charge in [0.15, 0.2) is 0 Å². The van der Waals surface area contributed by atoms with Gasteiger partial charge in [0.1, 0.15) is 0 Å². The van der Waals surface area contributed by atoms with Crippen molar-refractivity contribution in [2.24, 2.45) is 0 Å². The van der Waals surface area contributed by atoms with E-state index in [1.165, 1.54) is 0 Å². The van der Waals surface area contributed by atoms with E-state index < -0.39 is 0 Å². The fourth-order valence-corrected chi connectivity index (χ4v) is 6.80. The number of anilines is 6. The second-order valence-electron chi connectivity index (χ2n) is 11.4. The quantitative estimate of drug-likeness (QED) is 0.155. The van der Waals surface area contributed by atoms with E-state index >= 15 is 0 Å². The molecule has 238 valence electrons. The van der Waals surface area contributed by atoms with Gasteiger partial charge in [0.25, 0.3) is 0 Å². The van der Waals surface area contributed by atoms with E-state index in [-0.39, 0.29) is 0 Å². The number of para-hydroxylation sites is 4. The van der Waals surface area contributed by atoms with Crippen molar-refractivity contribution in [2.75, 3.05) is 9.80 Å². The van der Waals surface area contributed by atoms with Crippen LogP contribution in [0.25, 0.3) is 0 Å². The maximum absolute atomic E-state index is 3.70. The Labute approximate surface area is 310 Å². The van der Waals surface area contributed by atoms with Crippen LogP contribution in [0.2, 0.25) is 0 Å². The molecule has 0 unspecified atom stereocenters.